The number of hydrogen-bond donors (Lipinski definition) is 0. The summed E-state index contributed by atoms with van der Waals surface area (Å²) in [7, 11) is 0. The predicted octanol–water partition coefficient (Wildman–Crippen LogP) is 5.65. The number of rotatable bonds is 2. The van der Waals surface area contributed by atoms with Crippen LogP contribution in [0.5, 0.6) is 0 Å². The van der Waals surface area contributed by atoms with E-state index in [0.717, 1.165) is 37.9 Å². The lowest BCUT2D eigenvalue weighted by Crippen LogP contribution is -2.72. The van der Waals surface area contributed by atoms with Crippen molar-refractivity contribution in [2.45, 2.75) is 48.1 Å². The first kappa shape index (κ1) is 17.5. The van der Waals surface area contributed by atoms with Gasteiger partial charge in [0.15, 0.2) is 0 Å². The molecule has 5 heteroatoms. The zero-order valence-electron chi connectivity index (χ0n) is 14.0. The fourth-order valence-electron chi connectivity index (χ4n) is 5.65. The molecule has 4 aliphatic rings. The Morgan fingerprint density at radius 1 is 1.25 bits per heavy atom. The van der Waals surface area contributed by atoms with E-state index in [0.29, 0.717) is 5.91 Å². The van der Waals surface area contributed by atoms with Gasteiger partial charge in [-0.05, 0) is 42.7 Å². The minimum Gasteiger partial charge on any atom is -0.312 e. The molecule has 130 valence electrons. The van der Waals surface area contributed by atoms with Gasteiger partial charge < -0.3 is 4.90 Å². The number of carbonyl (C=O) groups excluding carboxylic acids is 1. The van der Waals surface area contributed by atoms with Gasteiger partial charge in [0.1, 0.15) is 0 Å². The van der Waals surface area contributed by atoms with Crippen molar-refractivity contribution in [3.63, 3.8) is 0 Å². The maximum atomic E-state index is 13.8. The Hall–Kier alpha value is 0.130. The van der Waals surface area contributed by atoms with Gasteiger partial charge in [-0.15, -0.1) is 0 Å². The molecule has 5 rings (SSSR count). The highest BCUT2D eigenvalue weighted by Crippen LogP contribution is 2.82. The van der Waals surface area contributed by atoms with E-state index in [1.165, 1.54) is 5.56 Å². The number of halogens is 3. The van der Waals surface area contributed by atoms with Crippen LogP contribution in [0.2, 0.25) is 0 Å². The van der Waals surface area contributed by atoms with Crippen LogP contribution >= 0.6 is 47.8 Å². The van der Waals surface area contributed by atoms with Crippen LogP contribution < -0.4 is 4.90 Å². The molecule has 24 heavy (non-hydrogen) atoms. The summed E-state index contributed by atoms with van der Waals surface area (Å²) in [5, 5.41) is 0. The number of aryl methyl sites for hydroxylation is 1. The lowest BCUT2D eigenvalue weighted by molar-refractivity contribution is -0.158. The van der Waals surface area contributed by atoms with E-state index >= 15 is 0 Å². The molecule has 3 aliphatic carbocycles. The van der Waals surface area contributed by atoms with Crippen LogP contribution in [0.4, 0.5) is 5.69 Å². The van der Waals surface area contributed by atoms with Crippen LogP contribution in [-0.2, 0) is 11.2 Å². The predicted molar refractivity (Wildman–Crippen MR) is 109 cm³/mol. The molecule has 0 aromatic heterocycles. The van der Waals surface area contributed by atoms with Crippen molar-refractivity contribution >= 4 is 59.4 Å². The molecule has 1 heterocycles. The van der Waals surface area contributed by atoms with Crippen LogP contribution in [0.15, 0.2) is 24.3 Å². The van der Waals surface area contributed by atoms with Crippen LogP contribution in [0.1, 0.15) is 38.7 Å². The highest BCUT2D eigenvalue weighted by Gasteiger charge is 2.83. The topological polar surface area (TPSA) is 20.3 Å². The zero-order chi connectivity index (χ0) is 17.3. The van der Waals surface area contributed by atoms with Crippen molar-refractivity contribution in [2.75, 3.05) is 11.4 Å². The van der Waals surface area contributed by atoms with Gasteiger partial charge in [0.05, 0.1) is 9.15 Å². The van der Waals surface area contributed by atoms with E-state index in [1.54, 1.807) is 0 Å². The molecule has 0 spiro atoms. The number of para-hydroxylation sites is 1. The summed E-state index contributed by atoms with van der Waals surface area (Å²) in [6.45, 7) is 5.40. The minimum atomic E-state index is -0.308. The van der Waals surface area contributed by atoms with Crippen LogP contribution in [0.25, 0.3) is 0 Å². The van der Waals surface area contributed by atoms with Gasteiger partial charge in [-0.1, -0.05) is 79.8 Å². The minimum absolute atomic E-state index is 0.0463. The molecule has 3 atom stereocenters. The molecule has 2 bridgehead atoms. The van der Waals surface area contributed by atoms with Crippen LogP contribution in [0, 0.1) is 16.2 Å². The first-order chi connectivity index (χ1) is 11.3. The first-order valence-electron chi connectivity index (χ1n) is 8.63. The molecule has 1 aromatic rings. The number of hydrogen-bond acceptors (Lipinski definition) is 1. The number of carbonyl (C=O) groups is 1. The summed E-state index contributed by atoms with van der Waals surface area (Å²) in [5.74, 6) is 0.315. The molecule has 0 unspecified atom stereocenters. The van der Waals surface area contributed by atoms with Crippen molar-refractivity contribution in [1.29, 1.82) is 0 Å². The molecule has 2 nitrogen and oxygen atoms in total. The Balaban J connectivity index is 1.75. The van der Waals surface area contributed by atoms with Crippen LogP contribution in [-0.4, -0.2) is 21.0 Å². The largest absolute Gasteiger partial charge is 0.312 e. The third-order valence-corrected chi connectivity index (χ3v) is 10.5. The summed E-state index contributed by atoms with van der Waals surface area (Å²) >= 11 is 11.5. The number of fused-ring (bicyclic) bond motifs is 2. The monoisotopic (exact) mass is 517 g/mol. The van der Waals surface area contributed by atoms with Gasteiger partial charge in [-0.25, -0.2) is 0 Å². The second-order valence-electron chi connectivity index (χ2n) is 7.99. The van der Waals surface area contributed by atoms with Crippen LogP contribution in [0.3, 0.4) is 0 Å². The fraction of sp³-hybridized carbons (Fsp3) is 0.632. The number of benzene rings is 1. The smallest absolute Gasteiger partial charge is 0.234 e. The second-order valence-corrected chi connectivity index (χ2v) is 12.0. The Labute approximate surface area is 169 Å². The van der Waals surface area contributed by atoms with E-state index in [4.69, 9.17) is 0 Å². The van der Waals surface area contributed by atoms with E-state index in [-0.39, 0.29) is 24.8 Å². The lowest BCUT2D eigenvalue weighted by Gasteiger charge is -2.66. The normalized spacial score (nSPS) is 36.4. The molecule has 1 amide bonds. The van der Waals surface area contributed by atoms with E-state index in [2.05, 4.69) is 84.7 Å². The fourth-order valence-corrected chi connectivity index (χ4v) is 10.6. The Morgan fingerprint density at radius 3 is 2.58 bits per heavy atom. The van der Waals surface area contributed by atoms with E-state index in [1.807, 2.05) is 6.07 Å². The Bertz CT molecular complexity index is 704. The summed E-state index contributed by atoms with van der Waals surface area (Å²) in [6, 6.07) is 8.39. The maximum Gasteiger partial charge on any atom is 0.234 e. The quantitative estimate of drug-likeness (QED) is 0.462. The molecule has 1 aromatic carbocycles. The second kappa shape index (κ2) is 5.56. The van der Waals surface area contributed by atoms with E-state index in [9.17, 15) is 4.79 Å². The molecule has 0 saturated heterocycles. The number of anilines is 1. The molecule has 3 fully saturated rings. The highest BCUT2D eigenvalue weighted by atomic mass is 79.9. The molecular formula is C19H22Br3NO. The van der Waals surface area contributed by atoms with Gasteiger partial charge in [0, 0.05) is 22.5 Å². The average Bonchev–Trinajstić information content (AvgIpc) is 3.03. The van der Waals surface area contributed by atoms with Crippen molar-refractivity contribution in [3.8, 4) is 0 Å². The third-order valence-electron chi connectivity index (χ3n) is 7.22. The van der Waals surface area contributed by atoms with Gasteiger partial charge in [-0.3, -0.25) is 4.79 Å². The van der Waals surface area contributed by atoms with E-state index < -0.39 is 0 Å². The average molecular weight is 520 g/mol. The van der Waals surface area contributed by atoms with Gasteiger partial charge in [-0.2, -0.15) is 0 Å². The highest BCUT2D eigenvalue weighted by molar-refractivity contribution is 9.24. The third kappa shape index (κ3) is 1.80. The van der Waals surface area contributed by atoms with Crippen molar-refractivity contribution in [1.82, 2.24) is 0 Å². The number of nitrogens with zero attached hydrogens (tertiary/aromatic N) is 1. The molecular weight excluding hydrogens is 498 g/mol. The van der Waals surface area contributed by atoms with Crippen molar-refractivity contribution in [3.05, 3.63) is 29.8 Å². The summed E-state index contributed by atoms with van der Waals surface area (Å²) in [4.78, 5) is 16.1. The number of alkyl halides is 3. The lowest BCUT2D eigenvalue weighted by atomic mass is 9.43. The standard InChI is InChI=1S/C19H22Br3NO/c1-17(2)18(15(21)22)9-10-19(17,14(18)20)16(24)23-11-5-7-12-6-3-4-8-13(12)23/h3-4,6,8,14-15H,5,7,9-11H2,1-2H3/t14-,18+,19-/m1/s1. The summed E-state index contributed by atoms with van der Waals surface area (Å²) in [6.07, 6.45) is 4.15. The SMILES string of the molecule is CC1(C)[C@]2(C(=O)N3CCCc4ccccc43)CC[C@@]1(C(Br)Br)[C@H]2Br. The first-order valence-corrected chi connectivity index (χ1v) is 11.4. The zero-order valence-corrected chi connectivity index (χ0v) is 18.7. The summed E-state index contributed by atoms with van der Waals surface area (Å²) < 4.78 is 0.217. The molecule has 0 radical (unpaired) electrons. The molecule has 1 aliphatic heterocycles. The number of amides is 1. The van der Waals surface area contributed by atoms with Crippen molar-refractivity contribution < 1.29 is 4.79 Å². The van der Waals surface area contributed by atoms with Gasteiger partial charge >= 0.3 is 0 Å². The van der Waals surface area contributed by atoms with Gasteiger partial charge in [0.2, 0.25) is 5.91 Å². The Morgan fingerprint density at radius 2 is 1.96 bits per heavy atom. The van der Waals surface area contributed by atoms with Gasteiger partial charge in [0.25, 0.3) is 0 Å². The molecule has 3 saturated carbocycles. The summed E-state index contributed by atoms with van der Waals surface area (Å²) in [5.41, 5.74) is 2.15. The Kier molecular flexibility index (Phi) is 4.06. The van der Waals surface area contributed by atoms with Crippen molar-refractivity contribution in [2.24, 2.45) is 16.2 Å². The molecule has 0 N–H and O–H groups in total. The maximum absolute atomic E-state index is 13.8.